The molecule has 1 N–H and O–H groups in total. The first-order valence-corrected chi connectivity index (χ1v) is 9.67. The number of amides is 1. The molecular weight excluding hydrogens is 415 g/mol. The third-order valence-corrected chi connectivity index (χ3v) is 5.04. The Morgan fingerprint density at radius 1 is 1.19 bits per heavy atom. The molecule has 4 heterocycles. The zero-order valence-corrected chi connectivity index (χ0v) is 17.4. The molecule has 0 aliphatic rings. The number of nitrogens with one attached hydrogen (secondary N) is 1. The summed E-state index contributed by atoms with van der Waals surface area (Å²) in [6.07, 6.45) is 1.54. The predicted molar refractivity (Wildman–Crippen MR) is 113 cm³/mol. The minimum atomic E-state index is -0.520. The summed E-state index contributed by atoms with van der Waals surface area (Å²) in [4.78, 5) is 17.9. The second kappa shape index (κ2) is 7.38. The number of aryl methyl sites for hydroxylation is 3. The average molecular weight is 432 g/mol. The van der Waals surface area contributed by atoms with E-state index >= 15 is 0 Å². The molecule has 0 unspecified atom stereocenters. The van der Waals surface area contributed by atoms with Gasteiger partial charge in [-0.05, 0) is 60.7 Å². The van der Waals surface area contributed by atoms with Gasteiger partial charge in [-0.3, -0.25) is 9.48 Å². The molecule has 4 aromatic heterocycles. The lowest BCUT2D eigenvalue weighted by Crippen LogP contribution is -2.14. The number of pyridine rings is 1. The number of anilines is 1. The van der Waals surface area contributed by atoms with Crippen LogP contribution in [0.3, 0.4) is 0 Å². The molecule has 0 saturated heterocycles. The second-order valence-electron chi connectivity index (χ2n) is 7.20. The molecule has 5 aromatic rings. The Morgan fingerprint density at radius 3 is 2.75 bits per heavy atom. The molecule has 0 aliphatic carbocycles. The van der Waals surface area contributed by atoms with Gasteiger partial charge in [0, 0.05) is 12.7 Å². The first-order valence-electron chi connectivity index (χ1n) is 9.67. The number of nitrogens with zero attached hydrogens (tertiary/aromatic N) is 7. The molecule has 0 atom stereocenters. The van der Waals surface area contributed by atoms with Gasteiger partial charge >= 0.3 is 0 Å². The summed E-state index contributed by atoms with van der Waals surface area (Å²) in [5.41, 5.74) is 2.59. The van der Waals surface area contributed by atoms with Gasteiger partial charge in [0.1, 0.15) is 17.2 Å². The van der Waals surface area contributed by atoms with E-state index in [1.807, 2.05) is 6.92 Å². The molecular formula is C21H17FN8O2. The van der Waals surface area contributed by atoms with Crippen molar-refractivity contribution >= 4 is 22.6 Å². The van der Waals surface area contributed by atoms with Crippen LogP contribution in [0.1, 0.15) is 21.9 Å². The van der Waals surface area contributed by atoms with Crippen molar-refractivity contribution in [1.29, 1.82) is 0 Å². The highest BCUT2D eigenvalue weighted by Gasteiger charge is 2.21. The van der Waals surface area contributed by atoms with Crippen LogP contribution in [0.15, 0.2) is 47.1 Å². The topological polar surface area (TPSA) is 117 Å². The van der Waals surface area contributed by atoms with E-state index in [0.717, 1.165) is 0 Å². The number of carbonyl (C=O) groups excluding carboxylic acids is 1. The number of benzene rings is 1. The Kier molecular flexibility index (Phi) is 4.51. The molecule has 5 rings (SSSR count). The molecule has 160 valence electrons. The number of carbonyl (C=O) groups is 1. The highest BCUT2D eigenvalue weighted by molar-refractivity contribution is 6.13. The van der Waals surface area contributed by atoms with Gasteiger partial charge in [-0.2, -0.15) is 9.78 Å². The Balaban J connectivity index is 1.58. The first-order chi connectivity index (χ1) is 15.4. The maximum atomic E-state index is 14.4. The molecule has 32 heavy (non-hydrogen) atoms. The lowest BCUT2D eigenvalue weighted by atomic mass is 10.1. The van der Waals surface area contributed by atoms with E-state index in [0.29, 0.717) is 45.3 Å². The van der Waals surface area contributed by atoms with E-state index in [-0.39, 0.29) is 5.69 Å². The zero-order valence-electron chi connectivity index (χ0n) is 17.4. The molecule has 1 amide bonds. The molecule has 11 heteroatoms. The summed E-state index contributed by atoms with van der Waals surface area (Å²) in [5.74, 6) is 0.0236. The Labute approximate surface area is 180 Å². The fourth-order valence-corrected chi connectivity index (χ4v) is 3.58. The molecule has 0 bridgehead atoms. The minimum Gasteiger partial charge on any atom is -0.463 e. The van der Waals surface area contributed by atoms with E-state index < -0.39 is 11.7 Å². The SMILES string of the molecule is Cc1nn(C)c2nc(-c3ccco3)cc(C(=O)Nc3ccc(F)c(-n4nnnc4C)c3)c12. The smallest absolute Gasteiger partial charge is 0.256 e. The van der Waals surface area contributed by atoms with Gasteiger partial charge in [-0.25, -0.2) is 9.37 Å². The van der Waals surface area contributed by atoms with Gasteiger partial charge in [0.25, 0.3) is 5.91 Å². The third kappa shape index (κ3) is 3.20. The molecule has 10 nitrogen and oxygen atoms in total. The number of hydrogen-bond acceptors (Lipinski definition) is 7. The van der Waals surface area contributed by atoms with Crippen molar-refractivity contribution in [1.82, 2.24) is 35.0 Å². The van der Waals surface area contributed by atoms with Gasteiger partial charge in [0.2, 0.25) is 0 Å². The van der Waals surface area contributed by atoms with Crippen LogP contribution >= 0.6 is 0 Å². The van der Waals surface area contributed by atoms with E-state index in [9.17, 15) is 9.18 Å². The van der Waals surface area contributed by atoms with Crippen molar-refractivity contribution in [2.24, 2.45) is 7.05 Å². The van der Waals surface area contributed by atoms with Crippen molar-refractivity contribution in [3.05, 3.63) is 65.6 Å². The highest BCUT2D eigenvalue weighted by Crippen LogP contribution is 2.28. The number of aromatic nitrogens is 7. The number of rotatable bonds is 4. The van der Waals surface area contributed by atoms with Gasteiger partial charge in [0.05, 0.1) is 22.9 Å². The maximum absolute atomic E-state index is 14.4. The van der Waals surface area contributed by atoms with Crippen molar-refractivity contribution in [2.45, 2.75) is 13.8 Å². The van der Waals surface area contributed by atoms with Crippen LogP contribution in [0.25, 0.3) is 28.2 Å². The summed E-state index contributed by atoms with van der Waals surface area (Å²) >= 11 is 0. The van der Waals surface area contributed by atoms with Crippen LogP contribution in [0.5, 0.6) is 0 Å². The standard InChI is InChI=1S/C21H17FN8O2/c1-11-19-14(10-16(18-5-4-8-32-18)24-20(19)29(3)26-11)21(31)23-13-6-7-15(22)17(9-13)30-12(2)25-27-28-30/h4-10H,1-3H3,(H,23,31). The molecule has 0 aliphatic heterocycles. The second-order valence-corrected chi connectivity index (χ2v) is 7.20. The molecule has 0 spiro atoms. The van der Waals surface area contributed by atoms with E-state index in [1.165, 1.54) is 29.1 Å². The van der Waals surface area contributed by atoms with Crippen LogP contribution in [0, 0.1) is 19.7 Å². The van der Waals surface area contributed by atoms with E-state index in [2.05, 4.69) is 30.9 Å². The molecule has 1 aromatic carbocycles. The summed E-state index contributed by atoms with van der Waals surface area (Å²) in [6.45, 7) is 3.46. The summed E-state index contributed by atoms with van der Waals surface area (Å²) in [7, 11) is 1.76. The fourth-order valence-electron chi connectivity index (χ4n) is 3.58. The Hall–Kier alpha value is -4.41. The lowest BCUT2D eigenvalue weighted by Gasteiger charge is -2.10. The van der Waals surface area contributed by atoms with Crippen molar-refractivity contribution < 1.29 is 13.6 Å². The quantitative estimate of drug-likeness (QED) is 0.463. The van der Waals surface area contributed by atoms with Crippen LogP contribution < -0.4 is 5.32 Å². The van der Waals surface area contributed by atoms with Crippen molar-refractivity contribution in [3.8, 4) is 17.1 Å². The Bertz CT molecular complexity index is 1470. The van der Waals surface area contributed by atoms with Crippen LogP contribution in [-0.4, -0.2) is 40.9 Å². The molecule has 0 fully saturated rings. The van der Waals surface area contributed by atoms with Gasteiger partial charge < -0.3 is 9.73 Å². The molecule has 0 saturated carbocycles. The summed E-state index contributed by atoms with van der Waals surface area (Å²) in [6, 6.07) is 9.35. The predicted octanol–water partition coefficient (Wildman–Crippen LogP) is 3.21. The lowest BCUT2D eigenvalue weighted by molar-refractivity contribution is 0.102. The summed E-state index contributed by atoms with van der Waals surface area (Å²) in [5, 5.41) is 19.0. The number of hydrogen-bond donors (Lipinski definition) is 1. The van der Waals surface area contributed by atoms with Crippen LogP contribution in [0.2, 0.25) is 0 Å². The normalized spacial score (nSPS) is 11.2. The average Bonchev–Trinajstić information content (AvgIpc) is 3.51. The third-order valence-electron chi connectivity index (χ3n) is 5.04. The van der Waals surface area contributed by atoms with Gasteiger partial charge in [-0.1, -0.05) is 0 Å². The largest absolute Gasteiger partial charge is 0.463 e. The van der Waals surface area contributed by atoms with E-state index in [1.54, 1.807) is 36.9 Å². The maximum Gasteiger partial charge on any atom is 0.256 e. The minimum absolute atomic E-state index is 0.124. The first kappa shape index (κ1) is 19.5. The number of furan rings is 1. The number of tetrazole rings is 1. The van der Waals surface area contributed by atoms with Gasteiger partial charge in [-0.15, -0.1) is 5.10 Å². The zero-order chi connectivity index (χ0) is 22.4. The molecule has 0 radical (unpaired) electrons. The number of halogens is 1. The van der Waals surface area contributed by atoms with Crippen LogP contribution in [0.4, 0.5) is 10.1 Å². The van der Waals surface area contributed by atoms with Crippen molar-refractivity contribution in [3.63, 3.8) is 0 Å². The fraction of sp³-hybridized carbons (Fsp3) is 0.143. The Morgan fingerprint density at radius 2 is 2.03 bits per heavy atom. The summed E-state index contributed by atoms with van der Waals surface area (Å²) < 4.78 is 22.7. The monoisotopic (exact) mass is 432 g/mol. The van der Waals surface area contributed by atoms with Crippen molar-refractivity contribution in [2.75, 3.05) is 5.32 Å². The van der Waals surface area contributed by atoms with E-state index in [4.69, 9.17) is 4.42 Å². The van der Waals surface area contributed by atoms with Crippen LogP contribution in [-0.2, 0) is 7.05 Å². The highest BCUT2D eigenvalue weighted by atomic mass is 19.1. The number of fused-ring (bicyclic) bond motifs is 1. The van der Waals surface area contributed by atoms with Gasteiger partial charge in [0.15, 0.2) is 17.2 Å².